The lowest BCUT2D eigenvalue weighted by Gasteiger charge is -2.37. The zero-order valence-corrected chi connectivity index (χ0v) is 19.0. The van der Waals surface area contributed by atoms with Gasteiger partial charge >= 0.3 is 5.97 Å². The molecule has 4 heterocycles. The number of rotatable bonds is 4. The topological polar surface area (TPSA) is 81.8 Å². The van der Waals surface area contributed by atoms with Crippen LogP contribution in [-0.2, 0) is 4.79 Å². The van der Waals surface area contributed by atoms with Crippen LogP contribution in [0.25, 0.3) is 11.0 Å². The van der Waals surface area contributed by atoms with Gasteiger partial charge < -0.3 is 15.1 Å². The van der Waals surface area contributed by atoms with E-state index in [-0.39, 0.29) is 5.57 Å². The van der Waals surface area contributed by atoms with Gasteiger partial charge in [0.25, 0.3) is 0 Å². The van der Waals surface area contributed by atoms with Gasteiger partial charge in [0.2, 0.25) is 0 Å². The van der Waals surface area contributed by atoms with Crippen LogP contribution in [0.15, 0.2) is 71.6 Å². The summed E-state index contributed by atoms with van der Waals surface area (Å²) in [6, 6.07) is 8.21. The number of nitrogens with zero attached hydrogens (tertiary/aromatic N) is 4. The highest BCUT2D eigenvalue weighted by Gasteiger charge is 2.32. The summed E-state index contributed by atoms with van der Waals surface area (Å²) in [7, 11) is 0. The number of likely N-dealkylation sites (tertiary alicyclic amines) is 1. The Morgan fingerprint density at radius 2 is 1.97 bits per heavy atom. The number of hydrogen-bond acceptors (Lipinski definition) is 5. The van der Waals surface area contributed by atoms with Crippen molar-refractivity contribution in [2.24, 2.45) is 0 Å². The van der Waals surface area contributed by atoms with Gasteiger partial charge in [0, 0.05) is 24.4 Å². The number of aliphatic hydroxyl groups excluding tert-OH is 1. The number of fused-ring (bicyclic) bond motifs is 2. The fourth-order valence-corrected chi connectivity index (χ4v) is 5.49. The molecule has 0 saturated carbocycles. The maximum Gasteiger partial charge on any atom is 0.336 e. The molecule has 3 aliphatic heterocycles. The fourth-order valence-electron chi connectivity index (χ4n) is 4.58. The molecule has 1 atom stereocenters. The lowest BCUT2D eigenvalue weighted by molar-refractivity contribution is -0.134. The van der Waals surface area contributed by atoms with Crippen molar-refractivity contribution in [2.75, 3.05) is 19.6 Å². The Bertz CT molecular complexity index is 1150. The molecule has 0 spiro atoms. The second kappa shape index (κ2) is 8.25. The molecule has 2 aromatic rings. The normalized spacial score (nSPS) is 22.2. The minimum absolute atomic E-state index is 0.00668. The Balaban J connectivity index is 1.33. The maximum atomic E-state index is 11.6. The number of hydrogen-bond donors (Lipinski definition) is 2. The van der Waals surface area contributed by atoms with E-state index in [1.807, 2.05) is 24.3 Å². The summed E-state index contributed by atoms with van der Waals surface area (Å²) in [5.41, 5.74) is 3.97. The van der Waals surface area contributed by atoms with E-state index >= 15 is 0 Å². The number of aliphatic hydroxyl groups is 1. The molecule has 1 aromatic carbocycles. The molecular weight excluding hydrogens is 507 g/mol. The molecule has 1 aromatic heterocycles. The molecule has 2 N–H and O–H groups in total. The summed E-state index contributed by atoms with van der Waals surface area (Å²) in [6.45, 7) is 2.49. The van der Waals surface area contributed by atoms with Crippen LogP contribution >= 0.6 is 22.9 Å². The van der Waals surface area contributed by atoms with Crippen LogP contribution in [0.4, 0.5) is 0 Å². The first-order chi connectivity index (χ1) is 15.0. The number of piperidine rings is 1. The van der Waals surface area contributed by atoms with Gasteiger partial charge in [-0.2, -0.15) is 0 Å². The van der Waals surface area contributed by atoms with Crippen molar-refractivity contribution in [1.29, 1.82) is 0 Å². The summed E-state index contributed by atoms with van der Waals surface area (Å²) < 4.78 is 2.18. The number of halogens is 1. The average molecular weight is 530 g/mol. The van der Waals surface area contributed by atoms with Crippen LogP contribution in [-0.4, -0.2) is 59.6 Å². The van der Waals surface area contributed by atoms with Gasteiger partial charge in [0.1, 0.15) is 5.82 Å². The van der Waals surface area contributed by atoms with Crippen LogP contribution in [0, 0.1) is 0 Å². The quantitative estimate of drug-likeness (QED) is 0.591. The zero-order chi connectivity index (χ0) is 21.5. The van der Waals surface area contributed by atoms with Crippen LogP contribution < -0.4 is 0 Å². The first-order valence-electron chi connectivity index (χ1n) is 10.4. The van der Waals surface area contributed by atoms with Crippen molar-refractivity contribution in [2.45, 2.75) is 25.0 Å². The lowest BCUT2D eigenvalue weighted by atomic mass is 9.94. The van der Waals surface area contributed by atoms with Crippen molar-refractivity contribution in [1.82, 2.24) is 17.6 Å². The summed E-state index contributed by atoms with van der Waals surface area (Å²) in [6.07, 6.45) is 9.86. The SMILES string of the molecule is O=C(O)C1=CC(CN2CCC(c3nc4ccccc4n3I)CC2)=C2C=CC=CN2C1O. The largest absolute Gasteiger partial charge is 0.478 e. The zero-order valence-electron chi connectivity index (χ0n) is 16.9. The molecular formula is C23H23IN4O3. The highest BCUT2D eigenvalue weighted by atomic mass is 127. The third-order valence-electron chi connectivity index (χ3n) is 6.21. The molecule has 8 heteroatoms. The van der Waals surface area contributed by atoms with Crippen LogP contribution in [0.1, 0.15) is 24.6 Å². The molecule has 160 valence electrons. The third kappa shape index (κ3) is 3.72. The second-order valence-electron chi connectivity index (χ2n) is 8.09. The summed E-state index contributed by atoms with van der Waals surface area (Å²) in [5, 5.41) is 20.0. The van der Waals surface area contributed by atoms with Gasteiger partial charge in [-0.25, -0.2) is 9.78 Å². The van der Waals surface area contributed by atoms with E-state index in [9.17, 15) is 15.0 Å². The highest BCUT2D eigenvalue weighted by Crippen LogP contribution is 2.33. The van der Waals surface area contributed by atoms with Crippen LogP contribution in [0.2, 0.25) is 0 Å². The van der Waals surface area contributed by atoms with E-state index in [4.69, 9.17) is 4.98 Å². The minimum Gasteiger partial charge on any atom is -0.478 e. The van der Waals surface area contributed by atoms with Gasteiger partial charge in [-0.05, 0) is 61.9 Å². The first-order valence-corrected chi connectivity index (χ1v) is 11.3. The molecule has 5 rings (SSSR count). The smallest absolute Gasteiger partial charge is 0.336 e. The second-order valence-corrected chi connectivity index (χ2v) is 9.05. The molecule has 3 aliphatic rings. The van der Waals surface area contributed by atoms with E-state index in [1.54, 1.807) is 23.3 Å². The Hall–Kier alpha value is -2.43. The van der Waals surface area contributed by atoms with E-state index in [0.29, 0.717) is 12.5 Å². The number of aromatic nitrogens is 2. The van der Waals surface area contributed by atoms with Gasteiger partial charge in [0.15, 0.2) is 6.23 Å². The number of carbonyl (C=O) groups is 1. The number of benzene rings is 1. The molecule has 1 saturated heterocycles. The van der Waals surface area contributed by atoms with Crippen molar-refractivity contribution in [3.63, 3.8) is 0 Å². The predicted octanol–water partition coefficient (Wildman–Crippen LogP) is 3.40. The van der Waals surface area contributed by atoms with E-state index in [2.05, 4.69) is 42.7 Å². The number of carboxylic acid groups (broad SMARTS) is 1. The van der Waals surface area contributed by atoms with E-state index in [0.717, 1.165) is 54.1 Å². The number of aliphatic carboxylic acids is 1. The van der Waals surface area contributed by atoms with Crippen molar-refractivity contribution in [3.8, 4) is 0 Å². The Labute approximate surface area is 194 Å². The minimum atomic E-state index is -1.17. The first kappa shape index (κ1) is 20.5. The Morgan fingerprint density at radius 3 is 2.71 bits per heavy atom. The van der Waals surface area contributed by atoms with Crippen LogP contribution in [0.5, 0.6) is 0 Å². The third-order valence-corrected chi connectivity index (χ3v) is 7.23. The van der Waals surface area contributed by atoms with Crippen molar-refractivity contribution >= 4 is 39.9 Å². The van der Waals surface area contributed by atoms with Crippen LogP contribution in [0.3, 0.4) is 0 Å². The highest BCUT2D eigenvalue weighted by molar-refractivity contribution is 14.1. The lowest BCUT2D eigenvalue weighted by Crippen LogP contribution is -2.41. The van der Waals surface area contributed by atoms with Crippen molar-refractivity contribution in [3.05, 3.63) is 77.4 Å². The summed E-state index contributed by atoms with van der Waals surface area (Å²) in [5.74, 6) is 0.445. The Morgan fingerprint density at radius 1 is 1.19 bits per heavy atom. The van der Waals surface area contributed by atoms with Gasteiger partial charge in [0.05, 0.1) is 39.5 Å². The number of allylic oxidation sites excluding steroid dienone is 3. The summed E-state index contributed by atoms with van der Waals surface area (Å²) in [4.78, 5) is 20.5. The molecule has 0 aliphatic carbocycles. The molecule has 7 nitrogen and oxygen atoms in total. The number of imidazole rings is 1. The molecule has 1 fully saturated rings. The molecule has 0 bridgehead atoms. The van der Waals surface area contributed by atoms with Gasteiger partial charge in [-0.1, -0.05) is 18.2 Å². The van der Waals surface area contributed by atoms with Gasteiger partial charge in [-0.3, -0.25) is 7.68 Å². The molecule has 0 radical (unpaired) electrons. The van der Waals surface area contributed by atoms with Gasteiger partial charge in [-0.15, -0.1) is 0 Å². The molecule has 1 unspecified atom stereocenters. The Kier molecular flexibility index (Phi) is 5.45. The predicted molar refractivity (Wildman–Crippen MR) is 126 cm³/mol. The monoisotopic (exact) mass is 530 g/mol. The molecule has 0 amide bonds. The fraction of sp³-hybridized carbons (Fsp3) is 0.304. The number of carboxylic acids is 1. The standard InChI is InChI=1S/C23H23IN4O3/c24-28-20-7-2-1-5-18(20)25-21(28)15-8-11-26(12-9-15)14-16-13-17(23(30)31)22(29)27-10-4-3-6-19(16)27/h1-7,10,13,15,22,29H,8-9,11-12,14H2,(H,30,31). The molecule has 31 heavy (non-hydrogen) atoms. The van der Waals surface area contributed by atoms with E-state index in [1.165, 1.54) is 0 Å². The summed E-state index contributed by atoms with van der Waals surface area (Å²) >= 11 is 2.34. The van der Waals surface area contributed by atoms with Crippen molar-refractivity contribution < 1.29 is 15.0 Å². The van der Waals surface area contributed by atoms with E-state index < -0.39 is 12.2 Å². The maximum absolute atomic E-state index is 11.6. The average Bonchev–Trinajstić information content (AvgIpc) is 3.13. The number of para-hydroxylation sites is 2.